The lowest BCUT2D eigenvalue weighted by molar-refractivity contribution is -0.128. The summed E-state index contributed by atoms with van der Waals surface area (Å²) in [6.45, 7) is 1.93. The van der Waals surface area contributed by atoms with Gasteiger partial charge < -0.3 is 9.64 Å². The Morgan fingerprint density at radius 3 is 3.00 bits per heavy atom. The molecule has 0 aromatic heterocycles. The van der Waals surface area contributed by atoms with E-state index in [2.05, 4.69) is 0 Å². The predicted octanol–water partition coefficient (Wildman–Crippen LogP) is 0.473. The van der Waals surface area contributed by atoms with E-state index in [4.69, 9.17) is 16.3 Å². The minimum absolute atomic E-state index is 0.000596. The van der Waals surface area contributed by atoms with Crippen LogP contribution in [0.4, 0.5) is 0 Å². The molecule has 0 aliphatic carbocycles. The molecule has 1 rings (SSSR count). The lowest BCUT2D eigenvalue weighted by Crippen LogP contribution is -2.28. The summed E-state index contributed by atoms with van der Waals surface area (Å²) >= 11 is 5.78. The lowest BCUT2D eigenvalue weighted by Gasteiger charge is -2.14. The van der Waals surface area contributed by atoms with E-state index in [9.17, 15) is 4.79 Å². The lowest BCUT2D eigenvalue weighted by atomic mass is 10.4. The van der Waals surface area contributed by atoms with Crippen LogP contribution in [0.3, 0.4) is 0 Å². The highest BCUT2D eigenvalue weighted by Gasteiger charge is 2.27. The van der Waals surface area contributed by atoms with Crippen LogP contribution in [0.15, 0.2) is 0 Å². The third-order valence-corrected chi connectivity index (χ3v) is 2.02. The van der Waals surface area contributed by atoms with Crippen LogP contribution in [0, 0.1) is 0 Å². The molecule has 1 aliphatic rings. The van der Waals surface area contributed by atoms with Gasteiger partial charge in [-0.25, -0.2) is 0 Å². The van der Waals surface area contributed by atoms with E-state index in [1.54, 1.807) is 12.0 Å². The van der Waals surface area contributed by atoms with Crippen LogP contribution in [-0.4, -0.2) is 43.0 Å². The van der Waals surface area contributed by atoms with Gasteiger partial charge in [0.15, 0.2) is 0 Å². The van der Waals surface area contributed by atoms with Gasteiger partial charge in [0.2, 0.25) is 5.91 Å². The fourth-order valence-corrected chi connectivity index (χ4v) is 1.44. The highest BCUT2D eigenvalue weighted by molar-refractivity contribution is 6.22. The molecule has 1 fully saturated rings. The summed E-state index contributed by atoms with van der Waals surface area (Å²) in [7, 11) is 1.62. The van der Waals surface area contributed by atoms with Crippen molar-refractivity contribution >= 4 is 17.5 Å². The highest BCUT2D eigenvalue weighted by atomic mass is 35.5. The normalized spacial score (nSPS) is 24.7. The molecule has 11 heavy (non-hydrogen) atoms. The maximum Gasteiger partial charge on any atom is 0.224 e. The molecule has 1 aliphatic heterocycles. The van der Waals surface area contributed by atoms with Crippen molar-refractivity contribution in [2.75, 3.05) is 26.8 Å². The zero-order valence-electron chi connectivity index (χ0n) is 6.55. The Bertz CT molecular complexity index is 151. The third-order valence-electron chi connectivity index (χ3n) is 1.73. The Morgan fingerprint density at radius 1 is 1.82 bits per heavy atom. The molecule has 0 saturated carbocycles. The summed E-state index contributed by atoms with van der Waals surface area (Å²) in [4.78, 5) is 12.8. The number of carbonyl (C=O) groups excluding carboxylic acids is 1. The van der Waals surface area contributed by atoms with Crippen molar-refractivity contribution in [3.8, 4) is 0 Å². The molecular weight excluding hydrogens is 166 g/mol. The Morgan fingerprint density at radius 2 is 2.55 bits per heavy atom. The largest absolute Gasteiger partial charge is 0.383 e. The fourth-order valence-electron chi connectivity index (χ4n) is 1.14. The molecule has 1 amide bonds. The average molecular weight is 178 g/mol. The minimum atomic E-state index is -0.000596. The van der Waals surface area contributed by atoms with Crippen LogP contribution in [0.25, 0.3) is 0 Å². The van der Waals surface area contributed by atoms with E-state index in [-0.39, 0.29) is 11.3 Å². The van der Waals surface area contributed by atoms with E-state index in [0.29, 0.717) is 26.1 Å². The number of methoxy groups -OCH3 is 1. The topological polar surface area (TPSA) is 29.5 Å². The Kier molecular flexibility index (Phi) is 3.15. The van der Waals surface area contributed by atoms with Crippen LogP contribution in [0.2, 0.25) is 0 Å². The van der Waals surface area contributed by atoms with Crippen molar-refractivity contribution in [3.05, 3.63) is 0 Å². The maximum absolute atomic E-state index is 11.1. The summed E-state index contributed by atoms with van der Waals surface area (Å²) in [6, 6.07) is 0. The number of hydrogen-bond donors (Lipinski definition) is 0. The molecule has 4 heteroatoms. The van der Waals surface area contributed by atoms with Gasteiger partial charge in [0.05, 0.1) is 12.0 Å². The van der Waals surface area contributed by atoms with Crippen LogP contribution in [0.5, 0.6) is 0 Å². The fraction of sp³-hybridized carbons (Fsp3) is 0.857. The number of amides is 1. The first-order valence-corrected chi connectivity index (χ1v) is 4.08. The van der Waals surface area contributed by atoms with Gasteiger partial charge in [-0.2, -0.15) is 0 Å². The van der Waals surface area contributed by atoms with Gasteiger partial charge in [-0.3, -0.25) is 4.79 Å². The first-order chi connectivity index (χ1) is 5.24. The molecule has 1 atom stereocenters. The second kappa shape index (κ2) is 3.93. The van der Waals surface area contributed by atoms with Crippen LogP contribution in [-0.2, 0) is 9.53 Å². The summed E-state index contributed by atoms with van der Waals surface area (Å²) in [5, 5.41) is -0.000596. The molecule has 1 unspecified atom stereocenters. The second-order valence-corrected chi connectivity index (χ2v) is 3.25. The van der Waals surface area contributed by atoms with Crippen molar-refractivity contribution in [1.82, 2.24) is 4.90 Å². The van der Waals surface area contributed by atoms with Crippen molar-refractivity contribution in [2.45, 2.75) is 11.8 Å². The SMILES string of the molecule is COCCN1CC(Cl)CC1=O. The molecular formula is C7H12ClNO2. The van der Waals surface area contributed by atoms with Gasteiger partial charge >= 0.3 is 0 Å². The zero-order valence-corrected chi connectivity index (χ0v) is 7.30. The minimum Gasteiger partial charge on any atom is -0.383 e. The van der Waals surface area contributed by atoms with Crippen molar-refractivity contribution in [2.24, 2.45) is 0 Å². The van der Waals surface area contributed by atoms with Crippen molar-refractivity contribution in [1.29, 1.82) is 0 Å². The predicted molar refractivity (Wildman–Crippen MR) is 42.7 cm³/mol. The first kappa shape index (κ1) is 8.81. The second-order valence-electron chi connectivity index (χ2n) is 2.63. The van der Waals surface area contributed by atoms with Crippen molar-refractivity contribution < 1.29 is 9.53 Å². The van der Waals surface area contributed by atoms with Gasteiger partial charge in [0.1, 0.15) is 0 Å². The summed E-state index contributed by atoms with van der Waals surface area (Å²) < 4.78 is 4.85. The average Bonchev–Trinajstić information content (AvgIpc) is 2.26. The summed E-state index contributed by atoms with van der Waals surface area (Å²) in [5.74, 6) is 0.141. The van der Waals surface area contributed by atoms with Crippen molar-refractivity contribution in [3.63, 3.8) is 0 Å². The molecule has 0 aromatic rings. The number of alkyl halides is 1. The molecule has 0 bridgehead atoms. The van der Waals surface area contributed by atoms with Crippen LogP contribution >= 0.6 is 11.6 Å². The van der Waals surface area contributed by atoms with Crippen LogP contribution < -0.4 is 0 Å². The third kappa shape index (κ3) is 2.34. The zero-order chi connectivity index (χ0) is 8.27. The summed E-state index contributed by atoms with van der Waals surface area (Å²) in [5.41, 5.74) is 0. The Labute approximate surface area is 71.3 Å². The molecule has 1 saturated heterocycles. The molecule has 0 N–H and O–H groups in total. The number of likely N-dealkylation sites (tertiary alicyclic amines) is 1. The molecule has 1 heterocycles. The number of ether oxygens (including phenoxy) is 1. The van der Waals surface area contributed by atoms with Crippen LogP contribution in [0.1, 0.15) is 6.42 Å². The molecule has 0 aromatic carbocycles. The van der Waals surface area contributed by atoms with Gasteiger partial charge in [0, 0.05) is 26.6 Å². The first-order valence-electron chi connectivity index (χ1n) is 3.65. The van der Waals surface area contributed by atoms with Gasteiger partial charge in [-0.1, -0.05) is 0 Å². The number of halogens is 1. The molecule has 0 spiro atoms. The van der Waals surface area contributed by atoms with E-state index >= 15 is 0 Å². The number of nitrogens with zero attached hydrogens (tertiary/aromatic N) is 1. The quantitative estimate of drug-likeness (QED) is 0.587. The van der Waals surface area contributed by atoms with E-state index in [0.717, 1.165) is 0 Å². The Balaban J connectivity index is 2.29. The van der Waals surface area contributed by atoms with Gasteiger partial charge in [0.25, 0.3) is 0 Å². The van der Waals surface area contributed by atoms with Gasteiger partial charge in [-0.15, -0.1) is 11.6 Å². The highest BCUT2D eigenvalue weighted by Crippen LogP contribution is 2.15. The monoisotopic (exact) mass is 177 g/mol. The Hall–Kier alpha value is -0.280. The number of hydrogen-bond acceptors (Lipinski definition) is 2. The standard InChI is InChI=1S/C7H12ClNO2/c1-11-3-2-9-5-6(8)4-7(9)10/h6H,2-5H2,1H3. The molecule has 3 nitrogen and oxygen atoms in total. The maximum atomic E-state index is 11.1. The smallest absolute Gasteiger partial charge is 0.224 e. The summed E-state index contributed by atoms with van der Waals surface area (Å²) in [6.07, 6.45) is 0.477. The molecule has 0 radical (unpaired) electrons. The van der Waals surface area contributed by atoms with E-state index < -0.39 is 0 Å². The number of rotatable bonds is 3. The van der Waals surface area contributed by atoms with E-state index in [1.807, 2.05) is 0 Å². The molecule has 64 valence electrons. The number of carbonyl (C=O) groups is 1. The van der Waals surface area contributed by atoms with E-state index in [1.165, 1.54) is 0 Å². The van der Waals surface area contributed by atoms with Gasteiger partial charge in [-0.05, 0) is 0 Å².